The van der Waals surface area contributed by atoms with Gasteiger partial charge in [-0.05, 0) is 66.2 Å². The molecule has 2 nitrogen and oxygen atoms in total. The summed E-state index contributed by atoms with van der Waals surface area (Å²) in [5.74, 6) is 0. The third-order valence-corrected chi connectivity index (χ3v) is 6.22. The van der Waals surface area contributed by atoms with Gasteiger partial charge in [0.25, 0.3) is 0 Å². The first-order chi connectivity index (χ1) is 9.35. The van der Waals surface area contributed by atoms with Crippen LogP contribution in [0.3, 0.4) is 0 Å². The highest BCUT2D eigenvalue weighted by Gasteiger charge is 2.37. The van der Waals surface area contributed by atoms with Crippen molar-refractivity contribution >= 4 is 38.5 Å². The van der Waals surface area contributed by atoms with Crippen LogP contribution in [0.2, 0.25) is 5.02 Å². The summed E-state index contributed by atoms with van der Waals surface area (Å²) >= 11 is 9.81. The van der Waals surface area contributed by atoms with Crippen molar-refractivity contribution < 1.29 is 4.21 Å². The largest absolute Gasteiger partial charge is 0.242 e. The van der Waals surface area contributed by atoms with Crippen LogP contribution in [-0.4, -0.2) is 18.8 Å². The third kappa shape index (κ3) is 4.78. The quantitative estimate of drug-likeness (QED) is 0.641. The van der Waals surface area contributed by atoms with Crippen LogP contribution in [0.5, 0.6) is 0 Å². The van der Waals surface area contributed by atoms with E-state index in [1.54, 1.807) is 0 Å². The minimum absolute atomic E-state index is 0.0364. The molecule has 0 aliphatic heterocycles. The number of halogens is 2. The molecular weight excluding hydrogens is 370 g/mol. The van der Waals surface area contributed by atoms with E-state index in [2.05, 4.69) is 43.6 Å². The fourth-order valence-electron chi connectivity index (χ4n) is 2.23. The second-order valence-corrected chi connectivity index (χ2v) is 10.6. The molecule has 0 aliphatic rings. The Morgan fingerprint density at radius 1 is 1.19 bits per heavy atom. The van der Waals surface area contributed by atoms with E-state index in [0.29, 0.717) is 5.02 Å². The van der Waals surface area contributed by atoms with Gasteiger partial charge in [-0.25, -0.2) is 8.51 Å². The maximum absolute atomic E-state index is 13.0. The minimum atomic E-state index is -1.13. The Morgan fingerprint density at radius 2 is 1.71 bits per heavy atom. The normalized spacial score (nSPS) is 16.1. The Morgan fingerprint density at radius 3 is 2.10 bits per heavy atom. The summed E-state index contributed by atoms with van der Waals surface area (Å²) < 4.78 is 15.7. The summed E-state index contributed by atoms with van der Waals surface area (Å²) in [4.78, 5) is 0. The molecule has 1 aromatic rings. The van der Waals surface area contributed by atoms with Crippen molar-refractivity contribution in [3.8, 4) is 0 Å². The minimum Gasteiger partial charge on any atom is -0.242 e. The van der Waals surface area contributed by atoms with Crippen LogP contribution in [0.15, 0.2) is 22.7 Å². The van der Waals surface area contributed by atoms with Crippen molar-refractivity contribution in [2.24, 2.45) is 0 Å². The van der Waals surface area contributed by atoms with Gasteiger partial charge in [0.05, 0.1) is 4.75 Å². The van der Waals surface area contributed by atoms with Crippen LogP contribution < -0.4 is 0 Å². The predicted octanol–water partition coefficient (Wildman–Crippen LogP) is 5.73. The van der Waals surface area contributed by atoms with Gasteiger partial charge < -0.3 is 0 Å². The molecule has 0 spiro atoms. The van der Waals surface area contributed by atoms with E-state index in [9.17, 15) is 4.21 Å². The molecule has 0 bridgehead atoms. The number of benzene rings is 1. The molecule has 0 fully saturated rings. The molecule has 1 aromatic carbocycles. The van der Waals surface area contributed by atoms with E-state index < -0.39 is 11.0 Å². The van der Waals surface area contributed by atoms with Gasteiger partial charge in [-0.3, -0.25) is 0 Å². The first kappa shape index (κ1) is 19.1. The molecule has 0 amide bonds. The summed E-state index contributed by atoms with van der Waals surface area (Å²) in [5, 5.41) is 0.692. The average Bonchev–Trinajstić information content (AvgIpc) is 2.25. The number of hydrogen-bond donors (Lipinski definition) is 0. The van der Waals surface area contributed by atoms with Crippen molar-refractivity contribution in [3.63, 3.8) is 0 Å². The topological polar surface area (TPSA) is 20.3 Å². The second kappa shape index (κ2) is 6.69. The molecule has 1 rings (SSSR count). The summed E-state index contributed by atoms with van der Waals surface area (Å²) in [6.07, 6.45) is 0. The Balaban J connectivity index is 3.30. The van der Waals surface area contributed by atoms with Crippen LogP contribution in [0, 0.1) is 0 Å². The monoisotopic (exact) mass is 393 g/mol. The van der Waals surface area contributed by atoms with Gasteiger partial charge in [-0.1, -0.05) is 33.6 Å². The molecule has 21 heavy (non-hydrogen) atoms. The van der Waals surface area contributed by atoms with Crippen LogP contribution >= 0.6 is 27.5 Å². The van der Waals surface area contributed by atoms with E-state index in [-0.39, 0.29) is 16.3 Å². The fourth-order valence-corrected chi connectivity index (χ4v) is 4.55. The molecule has 0 heterocycles. The van der Waals surface area contributed by atoms with Crippen molar-refractivity contribution in [1.29, 1.82) is 0 Å². The fraction of sp³-hybridized carbons (Fsp3) is 0.625. The molecular formula is C16H25BrClNOS. The maximum Gasteiger partial charge on any atom is 0.101 e. The summed E-state index contributed by atoms with van der Waals surface area (Å²) in [5.41, 5.74) is 0.765. The van der Waals surface area contributed by atoms with E-state index in [0.717, 1.165) is 10.0 Å². The van der Waals surface area contributed by atoms with Crippen LogP contribution in [0.1, 0.15) is 60.1 Å². The lowest BCUT2D eigenvalue weighted by atomic mass is 10.0. The van der Waals surface area contributed by atoms with Gasteiger partial charge in [0.15, 0.2) is 0 Å². The second-order valence-electron chi connectivity index (χ2n) is 7.20. The molecule has 0 N–H and O–H groups in total. The zero-order chi connectivity index (χ0) is 16.6. The standard InChI is InChI=1S/C16H25BrClNOS/c1-11(13-9-8-12(17)10-14(13)18)19(15(2,3)4)21(20)16(5,6)7/h8-11H,1-7H3. The maximum atomic E-state index is 13.0. The lowest BCUT2D eigenvalue weighted by molar-refractivity contribution is 0.208. The summed E-state index contributed by atoms with van der Waals surface area (Å²) in [7, 11) is -1.13. The first-order valence-corrected chi connectivity index (χ1v) is 9.29. The lowest BCUT2D eigenvalue weighted by Crippen LogP contribution is -2.49. The van der Waals surface area contributed by atoms with Crippen LogP contribution in [0.25, 0.3) is 0 Å². The van der Waals surface area contributed by atoms with E-state index in [1.165, 1.54) is 0 Å². The molecule has 0 saturated heterocycles. The average molecular weight is 395 g/mol. The van der Waals surface area contributed by atoms with Crippen molar-refractivity contribution in [2.45, 2.75) is 64.8 Å². The van der Waals surface area contributed by atoms with Crippen molar-refractivity contribution in [2.75, 3.05) is 0 Å². The molecule has 2 unspecified atom stereocenters. The molecule has 0 saturated carbocycles. The molecule has 2 atom stereocenters. The molecule has 0 aliphatic carbocycles. The van der Waals surface area contributed by atoms with Crippen LogP contribution in [-0.2, 0) is 11.0 Å². The third-order valence-electron chi connectivity index (χ3n) is 3.13. The van der Waals surface area contributed by atoms with Gasteiger partial charge in [-0.2, -0.15) is 0 Å². The molecule has 120 valence electrons. The highest BCUT2D eigenvalue weighted by molar-refractivity contribution is 9.10. The van der Waals surface area contributed by atoms with Gasteiger partial charge in [-0.15, -0.1) is 0 Å². The molecule has 0 aromatic heterocycles. The SMILES string of the molecule is CC(c1ccc(Br)cc1Cl)N(S(=O)C(C)(C)C)C(C)(C)C. The number of hydrogen-bond acceptors (Lipinski definition) is 1. The Labute approximate surface area is 145 Å². The molecule has 5 heteroatoms. The summed E-state index contributed by atoms with van der Waals surface area (Å²) in [6, 6.07) is 5.81. The highest BCUT2D eigenvalue weighted by atomic mass is 79.9. The lowest BCUT2D eigenvalue weighted by Gasteiger charge is -2.42. The van der Waals surface area contributed by atoms with E-state index in [1.807, 2.05) is 43.3 Å². The first-order valence-electron chi connectivity index (χ1n) is 7.02. The smallest absolute Gasteiger partial charge is 0.101 e. The van der Waals surface area contributed by atoms with Crippen LogP contribution in [0.4, 0.5) is 0 Å². The zero-order valence-corrected chi connectivity index (χ0v) is 17.0. The van der Waals surface area contributed by atoms with E-state index in [4.69, 9.17) is 11.6 Å². The van der Waals surface area contributed by atoms with Crippen molar-refractivity contribution in [3.05, 3.63) is 33.3 Å². The Kier molecular flexibility index (Phi) is 6.10. The Hall–Kier alpha value is 0.1000. The highest BCUT2D eigenvalue weighted by Crippen LogP contribution is 2.37. The van der Waals surface area contributed by atoms with Crippen molar-refractivity contribution in [1.82, 2.24) is 4.31 Å². The number of nitrogens with zero attached hydrogens (tertiary/aromatic N) is 1. The summed E-state index contributed by atoms with van der Waals surface area (Å²) in [6.45, 7) is 14.3. The van der Waals surface area contributed by atoms with E-state index >= 15 is 0 Å². The van der Waals surface area contributed by atoms with Gasteiger partial charge in [0.1, 0.15) is 11.0 Å². The van der Waals surface area contributed by atoms with Gasteiger partial charge in [0.2, 0.25) is 0 Å². The van der Waals surface area contributed by atoms with Gasteiger partial charge >= 0.3 is 0 Å². The van der Waals surface area contributed by atoms with Gasteiger partial charge in [0, 0.05) is 21.1 Å². The zero-order valence-electron chi connectivity index (χ0n) is 13.8. The predicted molar refractivity (Wildman–Crippen MR) is 97.1 cm³/mol. The number of rotatable bonds is 3. The Bertz CT molecular complexity index is 534. The molecule has 0 radical (unpaired) electrons.